The van der Waals surface area contributed by atoms with E-state index in [0.717, 1.165) is 18.7 Å². The summed E-state index contributed by atoms with van der Waals surface area (Å²) in [4.78, 5) is 2.16. The average molecular weight is 497 g/mol. The number of anilines is 1. The molecule has 1 heterocycles. The summed E-state index contributed by atoms with van der Waals surface area (Å²) in [6, 6.07) is 27.7. The maximum Gasteiger partial charge on any atom is 0.121 e. The van der Waals surface area contributed by atoms with Gasteiger partial charge in [0.2, 0.25) is 0 Å². The highest BCUT2D eigenvalue weighted by molar-refractivity contribution is 5.62. The predicted molar refractivity (Wildman–Crippen MR) is 132 cm³/mol. The molecule has 0 fully saturated rings. The molecule has 3 aromatic carbocycles. The number of halogens is 1. The number of nitrogens with zero attached hydrogens (tertiary/aromatic N) is 1. The van der Waals surface area contributed by atoms with Crippen molar-refractivity contribution in [2.75, 3.05) is 26.0 Å². The quantitative estimate of drug-likeness (QED) is 0.585. The van der Waals surface area contributed by atoms with Crippen molar-refractivity contribution < 1.29 is 21.7 Å². The number of benzene rings is 3. The zero-order valence-electron chi connectivity index (χ0n) is 19.9. The number of ether oxygens (including phenoxy) is 1. The first-order chi connectivity index (χ1) is 14.9. The fourth-order valence-corrected chi connectivity index (χ4v) is 4.17. The molecule has 0 spiro atoms. The molecular weight excluding hydrogens is 460 g/mol. The Hall–Kier alpha value is -2.30. The highest BCUT2D eigenvalue weighted by Gasteiger charge is 2.32. The van der Waals surface area contributed by atoms with Crippen LogP contribution in [-0.2, 0) is 6.54 Å². The molecule has 0 saturated carbocycles. The van der Waals surface area contributed by atoms with Crippen LogP contribution in [0.4, 0.5) is 5.69 Å². The van der Waals surface area contributed by atoms with Crippen LogP contribution in [0.25, 0.3) is 0 Å². The molecule has 0 radical (unpaired) electrons. The molecule has 172 valence electrons. The zero-order valence-corrected chi connectivity index (χ0v) is 21.5. The van der Waals surface area contributed by atoms with Gasteiger partial charge >= 0.3 is 0 Å². The van der Waals surface area contributed by atoms with Gasteiger partial charge in [0.25, 0.3) is 0 Å². The van der Waals surface area contributed by atoms with Crippen LogP contribution in [-0.4, -0.2) is 31.1 Å². The van der Waals surface area contributed by atoms with Gasteiger partial charge in [-0.3, -0.25) is 0 Å². The maximum atomic E-state index is 5.64. The lowest BCUT2D eigenvalue weighted by Crippen LogP contribution is -3.00. The van der Waals surface area contributed by atoms with Gasteiger partial charge in [0.1, 0.15) is 5.75 Å². The van der Waals surface area contributed by atoms with E-state index in [4.69, 9.17) is 4.74 Å². The molecule has 32 heavy (non-hydrogen) atoms. The van der Waals surface area contributed by atoms with Gasteiger partial charge < -0.3 is 31.9 Å². The second-order valence-electron chi connectivity index (χ2n) is 9.08. The minimum atomic E-state index is 0. The summed E-state index contributed by atoms with van der Waals surface area (Å²) in [5, 5.41) is 3.65. The first kappa shape index (κ1) is 26.0. The number of hydrogen-bond donors (Lipinski definition) is 1. The summed E-state index contributed by atoms with van der Waals surface area (Å²) in [7, 11) is 4.15. The van der Waals surface area contributed by atoms with Crippen molar-refractivity contribution >= 4 is 5.69 Å². The number of rotatable bonds is 5. The maximum absolute atomic E-state index is 5.64. The molecule has 4 heteroatoms. The van der Waals surface area contributed by atoms with Crippen molar-refractivity contribution in [3.63, 3.8) is 0 Å². The Balaban J connectivity index is 0.000000280. The molecule has 0 amide bonds. The van der Waals surface area contributed by atoms with Crippen LogP contribution < -0.4 is 27.0 Å². The third-order valence-electron chi connectivity index (χ3n) is 5.44. The third-order valence-corrected chi connectivity index (χ3v) is 5.44. The molecule has 1 aliphatic heterocycles. The van der Waals surface area contributed by atoms with Crippen LogP contribution in [0.15, 0.2) is 78.9 Å². The number of fused-ring (bicyclic) bond motifs is 1. The number of nitrogens with one attached hydrogen (secondary N) is 1. The molecule has 3 aromatic rings. The zero-order chi connectivity index (χ0) is 22.3. The van der Waals surface area contributed by atoms with E-state index in [0.29, 0.717) is 12.5 Å². The van der Waals surface area contributed by atoms with Crippen molar-refractivity contribution in [2.45, 2.75) is 45.2 Å². The molecular formula is C28H36BrN2O-. The van der Waals surface area contributed by atoms with Crippen LogP contribution in [0, 0.1) is 0 Å². The van der Waals surface area contributed by atoms with E-state index in [2.05, 4.69) is 111 Å². The van der Waals surface area contributed by atoms with Gasteiger partial charge in [0, 0.05) is 29.8 Å². The SMILES string of the molecule is CCOc1ccc2c(c1)NC(C)(C)CC2c1ccccc1.CN(C)Cc1ccccc1.[Br-]. The fraction of sp³-hybridized carbons (Fsp3) is 0.357. The summed E-state index contributed by atoms with van der Waals surface area (Å²) in [5.74, 6) is 1.38. The lowest BCUT2D eigenvalue weighted by molar-refractivity contribution is -0.00000750. The van der Waals surface area contributed by atoms with E-state index in [1.165, 1.54) is 22.4 Å². The molecule has 1 atom stereocenters. The summed E-state index contributed by atoms with van der Waals surface area (Å²) in [6.45, 7) is 8.27. The second-order valence-corrected chi connectivity index (χ2v) is 9.08. The predicted octanol–water partition coefficient (Wildman–Crippen LogP) is 3.56. The van der Waals surface area contributed by atoms with Gasteiger partial charge in [0.15, 0.2) is 0 Å². The van der Waals surface area contributed by atoms with Gasteiger partial charge in [0.05, 0.1) is 6.61 Å². The van der Waals surface area contributed by atoms with Crippen LogP contribution in [0.1, 0.15) is 49.8 Å². The fourth-order valence-electron chi connectivity index (χ4n) is 4.17. The Morgan fingerprint density at radius 1 is 0.938 bits per heavy atom. The smallest absolute Gasteiger partial charge is 0.121 e. The van der Waals surface area contributed by atoms with Crippen LogP contribution in [0.5, 0.6) is 5.75 Å². The van der Waals surface area contributed by atoms with Gasteiger partial charge in [-0.15, -0.1) is 0 Å². The van der Waals surface area contributed by atoms with E-state index in [-0.39, 0.29) is 22.5 Å². The Bertz CT molecular complexity index is 942. The van der Waals surface area contributed by atoms with Crippen molar-refractivity contribution in [1.29, 1.82) is 0 Å². The Kier molecular flexibility index (Phi) is 9.80. The minimum Gasteiger partial charge on any atom is -1.00 e. The normalized spacial score (nSPS) is 16.0. The summed E-state index contributed by atoms with van der Waals surface area (Å²) >= 11 is 0. The molecule has 1 aliphatic rings. The molecule has 3 nitrogen and oxygen atoms in total. The van der Waals surface area contributed by atoms with E-state index >= 15 is 0 Å². The Morgan fingerprint density at radius 2 is 1.56 bits per heavy atom. The molecule has 4 rings (SSSR count). The van der Waals surface area contributed by atoms with Gasteiger partial charge in [-0.05, 0) is 64.0 Å². The third kappa shape index (κ3) is 7.39. The van der Waals surface area contributed by atoms with Crippen molar-refractivity contribution in [2.24, 2.45) is 0 Å². The molecule has 1 unspecified atom stereocenters. The molecule has 0 aromatic heterocycles. The summed E-state index contributed by atoms with van der Waals surface area (Å²) in [5.41, 5.74) is 5.40. The first-order valence-corrected chi connectivity index (χ1v) is 11.2. The minimum absolute atomic E-state index is 0. The van der Waals surface area contributed by atoms with E-state index in [1.807, 2.05) is 13.0 Å². The molecule has 0 bridgehead atoms. The van der Waals surface area contributed by atoms with Crippen molar-refractivity contribution in [1.82, 2.24) is 4.90 Å². The van der Waals surface area contributed by atoms with Crippen molar-refractivity contribution in [3.05, 3.63) is 95.6 Å². The Labute approximate surface area is 204 Å². The largest absolute Gasteiger partial charge is 1.00 e. The van der Waals surface area contributed by atoms with Gasteiger partial charge in [-0.25, -0.2) is 0 Å². The highest BCUT2D eigenvalue weighted by atomic mass is 79.9. The van der Waals surface area contributed by atoms with Crippen LogP contribution >= 0.6 is 0 Å². The topological polar surface area (TPSA) is 24.5 Å². The Morgan fingerprint density at radius 3 is 2.16 bits per heavy atom. The standard InChI is InChI=1S/C19H23NO.C9H13N.BrH/c1-4-21-15-10-11-16-17(14-8-6-5-7-9-14)13-19(2,3)20-18(16)12-15;1-10(2)8-9-6-4-3-5-7-9;/h5-12,17,20H,4,13H2,1-3H3;3-7H,8H2,1-2H3;1H/p-1. The molecule has 0 aliphatic carbocycles. The highest BCUT2D eigenvalue weighted by Crippen LogP contribution is 2.43. The molecule has 1 N–H and O–H groups in total. The monoisotopic (exact) mass is 495 g/mol. The lowest BCUT2D eigenvalue weighted by Gasteiger charge is -2.39. The lowest BCUT2D eigenvalue weighted by atomic mass is 9.77. The summed E-state index contributed by atoms with van der Waals surface area (Å²) in [6.07, 6.45) is 1.10. The molecule has 0 saturated heterocycles. The van der Waals surface area contributed by atoms with E-state index in [9.17, 15) is 0 Å². The second kappa shape index (κ2) is 12.1. The average Bonchev–Trinajstić information content (AvgIpc) is 2.74. The van der Waals surface area contributed by atoms with Gasteiger partial charge in [-0.2, -0.15) is 0 Å². The van der Waals surface area contributed by atoms with E-state index in [1.54, 1.807) is 0 Å². The van der Waals surface area contributed by atoms with Crippen LogP contribution in [0.2, 0.25) is 0 Å². The summed E-state index contributed by atoms with van der Waals surface area (Å²) < 4.78 is 5.64. The van der Waals surface area contributed by atoms with Crippen LogP contribution in [0.3, 0.4) is 0 Å². The van der Waals surface area contributed by atoms with Gasteiger partial charge in [-0.1, -0.05) is 66.7 Å². The van der Waals surface area contributed by atoms with Crippen molar-refractivity contribution in [3.8, 4) is 5.75 Å². The first-order valence-electron chi connectivity index (χ1n) is 11.2. The number of hydrogen-bond acceptors (Lipinski definition) is 3. The van der Waals surface area contributed by atoms with E-state index < -0.39 is 0 Å².